The second-order valence-corrected chi connectivity index (χ2v) is 5.90. The van der Waals surface area contributed by atoms with E-state index < -0.39 is 0 Å². The third-order valence-electron chi connectivity index (χ3n) is 3.91. The van der Waals surface area contributed by atoms with Crippen molar-refractivity contribution in [1.29, 1.82) is 0 Å². The van der Waals surface area contributed by atoms with Crippen molar-refractivity contribution in [2.24, 2.45) is 0 Å². The van der Waals surface area contributed by atoms with Crippen molar-refractivity contribution in [3.05, 3.63) is 108 Å². The normalized spacial score (nSPS) is 11.7. The molecule has 0 unspecified atom stereocenters. The lowest BCUT2D eigenvalue weighted by Crippen LogP contribution is -2.23. The molecule has 1 heterocycles. The first kappa shape index (κ1) is 17.0. The number of hydrogen-bond acceptors (Lipinski definition) is 2. The van der Waals surface area contributed by atoms with Gasteiger partial charge in [0.25, 0.3) is 0 Å². The third-order valence-corrected chi connectivity index (χ3v) is 3.91. The van der Waals surface area contributed by atoms with Crippen LogP contribution in [-0.4, -0.2) is 18.0 Å². The number of furan rings is 1. The van der Waals surface area contributed by atoms with Crippen molar-refractivity contribution >= 4 is 12.2 Å². The first-order chi connectivity index (χ1) is 12.4. The molecule has 0 aliphatic carbocycles. The number of nitrogens with zero attached hydrogens (tertiary/aromatic N) is 1. The predicted molar refractivity (Wildman–Crippen MR) is 105 cm³/mol. The molecule has 0 N–H and O–H groups in total. The number of rotatable bonds is 8. The lowest BCUT2D eigenvalue weighted by Gasteiger charge is -2.17. The molecule has 0 aliphatic rings. The van der Waals surface area contributed by atoms with E-state index in [0.717, 1.165) is 25.4 Å². The maximum Gasteiger partial charge on any atom is 0.117 e. The molecule has 3 aromatic rings. The van der Waals surface area contributed by atoms with E-state index in [1.807, 2.05) is 24.3 Å². The summed E-state index contributed by atoms with van der Waals surface area (Å²) in [7, 11) is 0. The van der Waals surface area contributed by atoms with Gasteiger partial charge in [-0.2, -0.15) is 0 Å². The third kappa shape index (κ3) is 5.94. The van der Waals surface area contributed by atoms with Crippen molar-refractivity contribution in [3.8, 4) is 0 Å². The van der Waals surface area contributed by atoms with E-state index in [9.17, 15) is 0 Å². The fourth-order valence-electron chi connectivity index (χ4n) is 2.63. The topological polar surface area (TPSA) is 16.4 Å². The van der Waals surface area contributed by atoms with Crippen molar-refractivity contribution < 1.29 is 4.42 Å². The summed E-state index contributed by atoms with van der Waals surface area (Å²) in [6.07, 6.45) is 10.5. The summed E-state index contributed by atoms with van der Waals surface area (Å²) >= 11 is 0. The first-order valence-electron chi connectivity index (χ1n) is 8.58. The van der Waals surface area contributed by atoms with Crippen LogP contribution >= 0.6 is 0 Å². The SMILES string of the molecule is C(=Cc1ccccc1)CN(CC=Cc1ccccc1)Cc1ccco1. The van der Waals surface area contributed by atoms with E-state index in [-0.39, 0.29) is 0 Å². The molecule has 0 bridgehead atoms. The Bertz CT molecular complexity index is 722. The predicted octanol–water partition coefficient (Wildman–Crippen LogP) is 5.51. The minimum Gasteiger partial charge on any atom is -0.468 e. The molecule has 0 radical (unpaired) electrons. The van der Waals surface area contributed by atoms with E-state index in [0.29, 0.717) is 0 Å². The zero-order valence-electron chi connectivity index (χ0n) is 14.3. The van der Waals surface area contributed by atoms with E-state index in [1.165, 1.54) is 11.1 Å². The molecule has 2 nitrogen and oxygen atoms in total. The average Bonchev–Trinajstić information content (AvgIpc) is 3.16. The maximum absolute atomic E-state index is 5.50. The van der Waals surface area contributed by atoms with Gasteiger partial charge in [-0.1, -0.05) is 85.0 Å². The molecule has 2 heteroatoms. The van der Waals surface area contributed by atoms with E-state index >= 15 is 0 Å². The first-order valence-corrected chi connectivity index (χ1v) is 8.58. The monoisotopic (exact) mass is 329 g/mol. The average molecular weight is 329 g/mol. The van der Waals surface area contributed by atoms with Crippen molar-refractivity contribution in [2.75, 3.05) is 13.1 Å². The van der Waals surface area contributed by atoms with Gasteiger partial charge in [-0.25, -0.2) is 0 Å². The molecule has 0 aliphatic heterocycles. The van der Waals surface area contributed by atoms with Crippen LogP contribution in [0.4, 0.5) is 0 Å². The van der Waals surface area contributed by atoms with Gasteiger partial charge in [0, 0.05) is 13.1 Å². The van der Waals surface area contributed by atoms with Crippen LogP contribution in [0.1, 0.15) is 16.9 Å². The zero-order chi connectivity index (χ0) is 17.2. The molecule has 2 aromatic carbocycles. The van der Waals surface area contributed by atoms with Crippen LogP contribution in [0.25, 0.3) is 12.2 Å². The quantitative estimate of drug-likeness (QED) is 0.542. The van der Waals surface area contributed by atoms with Gasteiger partial charge in [-0.3, -0.25) is 4.90 Å². The van der Waals surface area contributed by atoms with Gasteiger partial charge in [0.2, 0.25) is 0 Å². The summed E-state index contributed by atoms with van der Waals surface area (Å²) in [4.78, 5) is 2.34. The van der Waals surface area contributed by atoms with Crippen molar-refractivity contribution in [1.82, 2.24) is 4.90 Å². The summed E-state index contributed by atoms with van der Waals surface area (Å²) in [5.74, 6) is 0.987. The molecule has 0 saturated carbocycles. The summed E-state index contributed by atoms with van der Waals surface area (Å²) < 4.78 is 5.50. The number of benzene rings is 2. The molecule has 25 heavy (non-hydrogen) atoms. The Kier molecular flexibility index (Phi) is 6.43. The van der Waals surface area contributed by atoms with Crippen LogP contribution in [0, 0.1) is 0 Å². The van der Waals surface area contributed by atoms with Crippen LogP contribution in [0.2, 0.25) is 0 Å². The van der Waals surface area contributed by atoms with Crippen molar-refractivity contribution in [3.63, 3.8) is 0 Å². The van der Waals surface area contributed by atoms with E-state index in [4.69, 9.17) is 4.42 Å². The summed E-state index contributed by atoms with van der Waals surface area (Å²) in [6.45, 7) is 2.54. The lowest BCUT2D eigenvalue weighted by atomic mass is 10.2. The van der Waals surface area contributed by atoms with Gasteiger partial charge < -0.3 is 4.42 Å². The molecular formula is C23H23NO. The summed E-state index contributed by atoms with van der Waals surface area (Å²) in [5, 5.41) is 0. The van der Waals surface area contributed by atoms with Crippen LogP contribution in [0.15, 0.2) is 95.6 Å². The highest BCUT2D eigenvalue weighted by Gasteiger charge is 2.04. The lowest BCUT2D eigenvalue weighted by molar-refractivity contribution is 0.295. The minimum absolute atomic E-state index is 0.797. The minimum atomic E-state index is 0.797. The smallest absolute Gasteiger partial charge is 0.117 e. The zero-order valence-corrected chi connectivity index (χ0v) is 14.3. The fourth-order valence-corrected chi connectivity index (χ4v) is 2.63. The molecule has 0 fully saturated rings. The number of hydrogen-bond donors (Lipinski definition) is 0. The largest absolute Gasteiger partial charge is 0.468 e. The molecule has 0 atom stereocenters. The molecule has 0 spiro atoms. The van der Waals surface area contributed by atoms with Gasteiger partial charge in [0.15, 0.2) is 0 Å². The summed E-state index contributed by atoms with van der Waals surface area (Å²) in [6, 6.07) is 24.7. The Morgan fingerprint density at radius 2 is 1.24 bits per heavy atom. The van der Waals surface area contributed by atoms with Gasteiger partial charge in [0.05, 0.1) is 12.8 Å². The van der Waals surface area contributed by atoms with Gasteiger partial charge in [0.1, 0.15) is 5.76 Å². The van der Waals surface area contributed by atoms with Gasteiger partial charge in [-0.15, -0.1) is 0 Å². The standard InChI is InChI=1S/C23H23NO/c1-3-10-21(11-4-1)14-7-17-24(20-23-16-9-19-25-23)18-8-15-22-12-5-2-6-13-22/h1-16,19H,17-18,20H2. The van der Waals surface area contributed by atoms with E-state index in [1.54, 1.807) is 6.26 Å². The Hall–Kier alpha value is -2.84. The molecule has 3 rings (SSSR count). The summed E-state index contributed by atoms with van der Waals surface area (Å²) in [5.41, 5.74) is 2.44. The van der Waals surface area contributed by atoms with Crippen LogP contribution in [0.3, 0.4) is 0 Å². The molecule has 0 amide bonds. The van der Waals surface area contributed by atoms with Crippen molar-refractivity contribution in [2.45, 2.75) is 6.54 Å². The molecule has 0 saturated heterocycles. The highest BCUT2D eigenvalue weighted by molar-refractivity contribution is 5.49. The Labute approximate surface area is 149 Å². The van der Waals surface area contributed by atoms with Crippen LogP contribution in [0.5, 0.6) is 0 Å². The Morgan fingerprint density at radius 1 is 0.680 bits per heavy atom. The molecule has 126 valence electrons. The molecule has 1 aromatic heterocycles. The highest BCUT2D eigenvalue weighted by atomic mass is 16.3. The molecular weight excluding hydrogens is 306 g/mol. The Balaban J connectivity index is 1.60. The highest BCUT2D eigenvalue weighted by Crippen LogP contribution is 2.08. The fraction of sp³-hybridized carbons (Fsp3) is 0.130. The second-order valence-electron chi connectivity index (χ2n) is 5.90. The second kappa shape index (κ2) is 9.45. The van der Waals surface area contributed by atoms with Gasteiger partial charge in [-0.05, 0) is 23.3 Å². The van der Waals surface area contributed by atoms with Gasteiger partial charge >= 0.3 is 0 Å². The maximum atomic E-state index is 5.50. The van der Waals surface area contributed by atoms with E-state index in [2.05, 4.69) is 77.7 Å². The van der Waals surface area contributed by atoms with Crippen LogP contribution in [-0.2, 0) is 6.54 Å². The van der Waals surface area contributed by atoms with Crippen LogP contribution < -0.4 is 0 Å². The Morgan fingerprint density at radius 3 is 1.72 bits per heavy atom.